The Bertz CT molecular complexity index is 469. The molecular formula is C17H27N3S. The molecule has 0 heterocycles. The lowest BCUT2D eigenvalue weighted by Crippen LogP contribution is -2.40. The molecule has 116 valence electrons. The highest BCUT2D eigenvalue weighted by atomic mass is 32.2. The van der Waals surface area contributed by atoms with E-state index in [2.05, 4.69) is 50.9 Å². The molecule has 0 bridgehead atoms. The largest absolute Gasteiger partial charge is 0.383 e. The Hall–Kier alpha value is -1.18. The molecule has 0 fully saturated rings. The summed E-state index contributed by atoms with van der Waals surface area (Å²) in [5.74, 6) is 0.979. The summed E-state index contributed by atoms with van der Waals surface area (Å²) < 4.78 is 0. The smallest absolute Gasteiger partial charge is 0.102 e. The van der Waals surface area contributed by atoms with Gasteiger partial charge in [0.05, 0.1) is 11.3 Å². The number of anilines is 1. The van der Waals surface area contributed by atoms with E-state index in [-0.39, 0.29) is 0 Å². The van der Waals surface area contributed by atoms with E-state index in [1.807, 2.05) is 18.2 Å². The van der Waals surface area contributed by atoms with Gasteiger partial charge in [-0.2, -0.15) is 5.26 Å². The Balaban J connectivity index is 2.71. The summed E-state index contributed by atoms with van der Waals surface area (Å²) in [7, 11) is 0. The second kappa shape index (κ2) is 8.96. The lowest BCUT2D eigenvalue weighted by atomic mass is 10.2. The van der Waals surface area contributed by atoms with E-state index in [1.165, 1.54) is 0 Å². The van der Waals surface area contributed by atoms with Crippen LogP contribution < -0.4 is 5.32 Å². The number of rotatable bonds is 8. The molecule has 1 rings (SSSR count). The number of nitrogens with one attached hydrogen (secondary N) is 1. The summed E-state index contributed by atoms with van der Waals surface area (Å²) in [6.45, 7) is 12.8. The highest BCUT2D eigenvalue weighted by Crippen LogP contribution is 2.27. The SMILES string of the molecule is CCSc1cccc(NCCN(C(C)C)C(C)C)c1C#N. The average molecular weight is 305 g/mol. The summed E-state index contributed by atoms with van der Waals surface area (Å²) in [4.78, 5) is 3.51. The van der Waals surface area contributed by atoms with Gasteiger partial charge in [-0.05, 0) is 45.6 Å². The maximum atomic E-state index is 9.40. The van der Waals surface area contributed by atoms with Crippen molar-refractivity contribution in [1.82, 2.24) is 4.90 Å². The Labute approximate surface area is 133 Å². The van der Waals surface area contributed by atoms with Gasteiger partial charge >= 0.3 is 0 Å². The first-order valence-corrected chi connectivity index (χ1v) is 8.65. The number of nitriles is 1. The summed E-state index contributed by atoms with van der Waals surface area (Å²) in [5, 5.41) is 12.8. The fraction of sp³-hybridized carbons (Fsp3) is 0.588. The van der Waals surface area contributed by atoms with Crippen LogP contribution in [0.5, 0.6) is 0 Å². The first-order chi connectivity index (χ1) is 10.0. The van der Waals surface area contributed by atoms with Crippen molar-refractivity contribution in [3.8, 4) is 6.07 Å². The van der Waals surface area contributed by atoms with Crippen LogP contribution in [-0.4, -0.2) is 35.8 Å². The van der Waals surface area contributed by atoms with Crippen LogP contribution in [0, 0.1) is 11.3 Å². The van der Waals surface area contributed by atoms with Gasteiger partial charge in [-0.15, -0.1) is 11.8 Å². The van der Waals surface area contributed by atoms with Crippen LogP contribution in [0.25, 0.3) is 0 Å². The predicted octanol–water partition coefficient (Wildman–Crippen LogP) is 4.20. The van der Waals surface area contributed by atoms with Gasteiger partial charge < -0.3 is 5.32 Å². The van der Waals surface area contributed by atoms with E-state index in [0.29, 0.717) is 12.1 Å². The van der Waals surface area contributed by atoms with Crippen LogP contribution in [0.3, 0.4) is 0 Å². The van der Waals surface area contributed by atoms with Crippen molar-refractivity contribution in [3.63, 3.8) is 0 Å². The third-order valence-electron chi connectivity index (χ3n) is 3.45. The minimum atomic E-state index is 0.532. The standard InChI is InChI=1S/C17H27N3S/c1-6-21-17-9-7-8-16(15(17)12-18)19-10-11-20(13(2)3)14(4)5/h7-9,13-14,19H,6,10-11H2,1-5H3. The molecule has 0 saturated heterocycles. The zero-order chi connectivity index (χ0) is 15.8. The van der Waals surface area contributed by atoms with Gasteiger partial charge in [-0.1, -0.05) is 13.0 Å². The maximum absolute atomic E-state index is 9.40. The van der Waals surface area contributed by atoms with Gasteiger partial charge in [-0.3, -0.25) is 4.90 Å². The zero-order valence-electron chi connectivity index (χ0n) is 13.8. The molecule has 1 aromatic carbocycles. The second-order valence-electron chi connectivity index (χ2n) is 5.58. The minimum Gasteiger partial charge on any atom is -0.383 e. The summed E-state index contributed by atoms with van der Waals surface area (Å²) >= 11 is 1.72. The maximum Gasteiger partial charge on any atom is 0.102 e. The predicted molar refractivity (Wildman–Crippen MR) is 93.0 cm³/mol. The van der Waals surface area contributed by atoms with Crippen LogP contribution in [0.15, 0.2) is 23.1 Å². The van der Waals surface area contributed by atoms with Gasteiger partial charge in [-0.25, -0.2) is 0 Å². The van der Waals surface area contributed by atoms with E-state index in [4.69, 9.17) is 0 Å². The molecule has 0 spiro atoms. The summed E-state index contributed by atoms with van der Waals surface area (Å²) in [5.41, 5.74) is 1.72. The minimum absolute atomic E-state index is 0.532. The van der Waals surface area contributed by atoms with Crippen molar-refractivity contribution in [2.24, 2.45) is 0 Å². The van der Waals surface area contributed by atoms with Crippen LogP contribution in [0.1, 0.15) is 40.2 Å². The van der Waals surface area contributed by atoms with Crippen molar-refractivity contribution >= 4 is 17.4 Å². The third kappa shape index (κ3) is 5.26. The molecule has 0 aliphatic rings. The molecule has 0 unspecified atom stereocenters. The topological polar surface area (TPSA) is 39.1 Å². The fourth-order valence-electron chi connectivity index (χ4n) is 2.50. The van der Waals surface area contributed by atoms with Crippen LogP contribution in [0.2, 0.25) is 0 Å². The third-order valence-corrected chi connectivity index (χ3v) is 4.39. The Morgan fingerprint density at radius 3 is 2.43 bits per heavy atom. The van der Waals surface area contributed by atoms with Gasteiger partial charge in [0.1, 0.15) is 6.07 Å². The molecule has 0 aliphatic heterocycles. The van der Waals surface area contributed by atoms with Gasteiger partial charge in [0.25, 0.3) is 0 Å². The van der Waals surface area contributed by atoms with Crippen LogP contribution in [0.4, 0.5) is 5.69 Å². The molecule has 21 heavy (non-hydrogen) atoms. The second-order valence-corrected chi connectivity index (χ2v) is 6.88. The summed E-state index contributed by atoms with van der Waals surface area (Å²) in [6.07, 6.45) is 0. The highest BCUT2D eigenvalue weighted by molar-refractivity contribution is 7.99. The van der Waals surface area contributed by atoms with E-state index in [1.54, 1.807) is 11.8 Å². The lowest BCUT2D eigenvalue weighted by molar-refractivity contribution is 0.182. The monoisotopic (exact) mass is 305 g/mol. The molecule has 0 aliphatic carbocycles. The molecular weight excluding hydrogens is 278 g/mol. The molecule has 1 N–H and O–H groups in total. The van der Waals surface area contributed by atoms with Crippen molar-refractivity contribution < 1.29 is 0 Å². The molecule has 0 radical (unpaired) electrons. The number of hydrogen-bond donors (Lipinski definition) is 1. The fourth-order valence-corrected chi connectivity index (χ4v) is 3.29. The molecule has 4 heteroatoms. The van der Waals surface area contributed by atoms with Gasteiger partial charge in [0, 0.05) is 30.1 Å². The zero-order valence-corrected chi connectivity index (χ0v) is 14.6. The molecule has 3 nitrogen and oxygen atoms in total. The van der Waals surface area contributed by atoms with Crippen LogP contribution >= 0.6 is 11.8 Å². The molecule has 0 saturated carbocycles. The van der Waals surface area contributed by atoms with E-state index >= 15 is 0 Å². The molecule has 0 aromatic heterocycles. The van der Waals surface area contributed by atoms with Gasteiger partial charge in [0.15, 0.2) is 0 Å². The number of hydrogen-bond acceptors (Lipinski definition) is 4. The first kappa shape index (κ1) is 17.9. The molecule has 0 atom stereocenters. The quantitative estimate of drug-likeness (QED) is 0.731. The van der Waals surface area contributed by atoms with E-state index in [0.717, 1.165) is 35.0 Å². The molecule has 1 aromatic rings. The first-order valence-electron chi connectivity index (χ1n) is 7.66. The van der Waals surface area contributed by atoms with Crippen molar-refractivity contribution in [1.29, 1.82) is 5.26 Å². The van der Waals surface area contributed by atoms with E-state index in [9.17, 15) is 5.26 Å². The van der Waals surface area contributed by atoms with E-state index < -0.39 is 0 Å². The van der Waals surface area contributed by atoms with Crippen LogP contribution in [-0.2, 0) is 0 Å². The Kier molecular flexibility index (Phi) is 7.63. The molecule has 0 amide bonds. The van der Waals surface area contributed by atoms with Gasteiger partial charge in [0.2, 0.25) is 0 Å². The average Bonchev–Trinajstić information content (AvgIpc) is 2.43. The number of benzene rings is 1. The highest BCUT2D eigenvalue weighted by Gasteiger charge is 2.13. The normalized spacial score (nSPS) is 11.2. The number of nitrogens with zero attached hydrogens (tertiary/aromatic N) is 2. The Morgan fingerprint density at radius 1 is 1.24 bits per heavy atom. The Morgan fingerprint density at radius 2 is 1.90 bits per heavy atom. The number of thioether (sulfide) groups is 1. The van der Waals surface area contributed by atoms with Crippen molar-refractivity contribution in [3.05, 3.63) is 23.8 Å². The van der Waals surface area contributed by atoms with Crippen molar-refractivity contribution in [2.45, 2.75) is 51.6 Å². The van der Waals surface area contributed by atoms with Crippen molar-refractivity contribution in [2.75, 3.05) is 24.2 Å². The lowest BCUT2D eigenvalue weighted by Gasteiger charge is -2.30. The summed E-state index contributed by atoms with van der Waals surface area (Å²) in [6, 6.07) is 9.43.